The Kier molecular flexibility index (Phi) is 3.47. The molecule has 0 saturated heterocycles. The molecule has 0 aromatic carbocycles. The molecule has 0 radical (unpaired) electrons. The van der Waals surface area contributed by atoms with E-state index in [1.807, 2.05) is 20.8 Å². The first kappa shape index (κ1) is 12.8. The van der Waals surface area contributed by atoms with E-state index >= 15 is 0 Å². The molecule has 0 aliphatic carbocycles. The fourth-order valence-corrected chi connectivity index (χ4v) is 2.33. The molecular formula is C12H15N3O2S. The van der Waals surface area contributed by atoms with E-state index in [1.54, 1.807) is 6.20 Å². The monoisotopic (exact) mass is 265 g/mol. The molecule has 5 nitrogen and oxygen atoms in total. The van der Waals surface area contributed by atoms with Gasteiger partial charge in [0.25, 0.3) is 11.5 Å². The third kappa shape index (κ3) is 2.43. The van der Waals surface area contributed by atoms with Gasteiger partial charge in [0.2, 0.25) is 0 Å². The van der Waals surface area contributed by atoms with E-state index in [1.165, 1.54) is 21.9 Å². The second-order valence-electron chi connectivity index (χ2n) is 4.58. The minimum absolute atomic E-state index is 0.0888. The molecule has 0 unspecified atom stereocenters. The summed E-state index contributed by atoms with van der Waals surface area (Å²) >= 11 is 1.43. The van der Waals surface area contributed by atoms with Crippen molar-refractivity contribution in [2.24, 2.45) is 5.92 Å². The number of aryl methyl sites for hydroxylation is 1. The molecule has 18 heavy (non-hydrogen) atoms. The van der Waals surface area contributed by atoms with Crippen LogP contribution in [0, 0.1) is 12.8 Å². The number of hydrogen-bond acceptors (Lipinski definition) is 4. The van der Waals surface area contributed by atoms with E-state index < -0.39 is 0 Å². The van der Waals surface area contributed by atoms with Crippen molar-refractivity contribution in [1.82, 2.24) is 14.7 Å². The molecule has 0 saturated carbocycles. The van der Waals surface area contributed by atoms with E-state index in [0.717, 1.165) is 4.88 Å². The summed E-state index contributed by atoms with van der Waals surface area (Å²) in [5.74, 6) is -0.0174. The van der Waals surface area contributed by atoms with Gasteiger partial charge >= 0.3 is 0 Å². The molecule has 1 N–H and O–H groups in total. The first-order valence-electron chi connectivity index (χ1n) is 5.75. The summed E-state index contributed by atoms with van der Waals surface area (Å²) < 4.78 is 1.42. The van der Waals surface area contributed by atoms with Crippen molar-refractivity contribution in [3.05, 3.63) is 33.2 Å². The molecule has 2 rings (SSSR count). The summed E-state index contributed by atoms with van der Waals surface area (Å²) in [5.41, 5.74) is -0.225. The Balaban J connectivity index is 2.37. The second-order valence-corrected chi connectivity index (χ2v) is 5.79. The highest BCUT2D eigenvalue weighted by atomic mass is 32.1. The summed E-state index contributed by atoms with van der Waals surface area (Å²) in [6.45, 7) is 6.44. The van der Waals surface area contributed by atoms with Gasteiger partial charge in [0, 0.05) is 23.8 Å². The number of fused-ring (bicyclic) bond motifs is 1. The zero-order chi connectivity index (χ0) is 13.3. The second kappa shape index (κ2) is 4.89. The van der Waals surface area contributed by atoms with E-state index in [-0.39, 0.29) is 17.0 Å². The molecule has 6 heteroatoms. The van der Waals surface area contributed by atoms with Crippen LogP contribution in [0.1, 0.15) is 29.1 Å². The number of aromatic nitrogens is 2. The lowest BCUT2D eigenvalue weighted by molar-refractivity contribution is 0.0947. The van der Waals surface area contributed by atoms with E-state index in [9.17, 15) is 9.59 Å². The summed E-state index contributed by atoms with van der Waals surface area (Å²) in [6.07, 6.45) is 3.05. The van der Waals surface area contributed by atoms with Crippen LogP contribution in [0.25, 0.3) is 4.96 Å². The molecule has 0 fully saturated rings. The first-order chi connectivity index (χ1) is 8.49. The summed E-state index contributed by atoms with van der Waals surface area (Å²) in [6, 6.07) is 0. The van der Waals surface area contributed by atoms with Crippen LogP contribution in [0.15, 0.2) is 17.2 Å². The zero-order valence-corrected chi connectivity index (χ0v) is 11.4. The fourth-order valence-electron chi connectivity index (χ4n) is 1.54. The molecule has 2 heterocycles. The summed E-state index contributed by atoms with van der Waals surface area (Å²) in [5, 5.41) is 2.72. The maximum absolute atomic E-state index is 12.1. The number of nitrogens with one attached hydrogen (secondary N) is 1. The average molecular weight is 265 g/mol. The van der Waals surface area contributed by atoms with Crippen molar-refractivity contribution in [1.29, 1.82) is 0 Å². The normalized spacial score (nSPS) is 11.1. The van der Waals surface area contributed by atoms with Crippen LogP contribution in [-0.2, 0) is 0 Å². The van der Waals surface area contributed by atoms with Crippen LogP contribution in [-0.4, -0.2) is 21.8 Å². The highest BCUT2D eigenvalue weighted by molar-refractivity contribution is 7.16. The topological polar surface area (TPSA) is 63.5 Å². The van der Waals surface area contributed by atoms with Crippen molar-refractivity contribution >= 4 is 22.2 Å². The maximum atomic E-state index is 12.1. The van der Waals surface area contributed by atoms with Crippen molar-refractivity contribution in [2.75, 3.05) is 6.54 Å². The predicted octanol–water partition coefficient (Wildman–Crippen LogP) is 1.45. The first-order valence-corrected chi connectivity index (χ1v) is 6.56. The number of hydrogen-bond donors (Lipinski definition) is 1. The van der Waals surface area contributed by atoms with Crippen molar-refractivity contribution in [2.45, 2.75) is 20.8 Å². The molecule has 0 atom stereocenters. The molecule has 2 aromatic rings. The summed E-state index contributed by atoms with van der Waals surface area (Å²) in [7, 11) is 0. The number of carbonyl (C=O) groups is 1. The Morgan fingerprint density at radius 1 is 1.56 bits per heavy atom. The molecule has 0 spiro atoms. The number of nitrogens with zero attached hydrogens (tertiary/aromatic N) is 2. The van der Waals surface area contributed by atoms with Gasteiger partial charge in [-0.05, 0) is 12.8 Å². The van der Waals surface area contributed by atoms with Crippen LogP contribution in [0.2, 0.25) is 0 Å². The van der Waals surface area contributed by atoms with E-state index in [4.69, 9.17) is 0 Å². The van der Waals surface area contributed by atoms with Gasteiger partial charge < -0.3 is 5.32 Å². The fraction of sp³-hybridized carbons (Fsp3) is 0.417. The minimum Gasteiger partial charge on any atom is -0.352 e. The number of carbonyl (C=O) groups excluding carboxylic acids is 1. The smallest absolute Gasteiger partial charge is 0.271 e. The van der Waals surface area contributed by atoms with Gasteiger partial charge in [-0.25, -0.2) is 4.98 Å². The van der Waals surface area contributed by atoms with E-state index in [2.05, 4.69) is 10.3 Å². The van der Waals surface area contributed by atoms with E-state index in [0.29, 0.717) is 17.4 Å². The highest BCUT2D eigenvalue weighted by Gasteiger charge is 2.14. The zero-order valence-electron chi connectivity index (χ0n) is 10.6. The number of rotatable bonds is 3. The van der Waals surface area contributed by atoms with Gasteiger partial charge in [-0.1, -0.05) is 13.8 Å². The third-order valence-corrected chi connectivity index (χ3v) is 3.35. The Hall–Kier alpha value is -1.69. The number of thiazole rings is 1. The summed E-state index contributed by atoms with van der Waals surface area (Å²) in [4.78, 5) is 29.7. The molecule has 0 bridgehead atoms. The van der Waals surface area contributed by atoms with Crippen LogP contribution in [0.5, 0.6) is 0 Å². The highest BCUT2D eigenvalue weighted by Crippen LogP contribution is 2.12. The Morgan fingerprint density at radius 2 is 2.28 bits per heavy atom. The lowest BCUT2D eigenvalue weighted by Gasteiger charge is -2.06. The molecular weight excluding hydrogens is 250 g/mol. The van der Waals surface area contributed by atoms with Gasteiger partial charge in [-0.15, -0.1) is 11.3 Å². The SMILES string of the molecule is Cc1cn2c(=O)c(C(=O)NCC(C)C)cnc2s1. The minimum atomic E-state index is -0.362. The van der Waals surface area contributed by atoms with Gasteiger partial charge in [0.05, 0.1) is 0 Å². The standard InChI is InChI=1S/C12H15N3O2S/c1-7(2)4-13-10(16)9-5-14-12-15(11(9)17)6-8(3)18-12/h5-7H,4H2,1-3H3,(H,13,16). The third-order valence-electron chi connectivity index (χ3n) is 2.44. The maximum Gasteiger partial charge on any atom is 0.271 e. The Morgan fingerprint density at radius 3 is 2.94 bits per heavy atom. The van der Waals surface area contributed by atoms with Crippen LogP contribution in [0.4, 0.5) is 0 Å². The van der Waals surface area contributed by atoms with Crippen molar-refractivity contribution in [3.63, 3.8) is 0 Å². The Bertz CT molecular complexity index is 642. The van der Waals surface area contributed by atoms with Gasteiger partial charge in [0.15, 0.2) is 4.96 Å². The quantitative estimate of drug-likeness (QED) is 0.913. The lowest BCUT2D eigenvalue weighted by atomic mass is 10.2. The molecule has 0 aliphatic heterocycles. The average Bonchev–Trinajstić information content (AvgIpc) is 2.68. The molecule has 0 aliphatic rings. The largest absolute Gasteiger partial charge is 0.352 e. The molecule has 1 amide bonds. The predicted molar refractivity (Wildman–Crippen MR) is 71.2 cm³/mol. The Labute approximate surface area is 108 Å². The van der Waals surface area contributed by atoms with Crippen molar-refractivity contribution < 1.29 is 4.79 Å². The molecule has 96 valence electrons. The van der Waals surface area contributed by atoms with Gasteiger partial charge in [-0.2, -0.15) is 0 Å². The van der Waals surface area contributed by atoms with Gasteiger partial charge in [0.1, 0.15) is 5.56 Å². The lowest BCUT2D eigenvalue weighted by Crippen LogP contribution is -2.33. The van der Waals surface area contributed by atoms with Crippen LogP contribution < -0.4 is 10.9 Å². The van der Waals surface area contributed by atoms with Crippen molar-refractivity contribution in [3.8, 4) is 0 Å². The van der Waals surface area contributed by atoms with Crippen LogP contribution >= 0.6 is 11.3 Å². The molecule has 2 aromatic heterocycles. The van der Waals surface area contributed by atoms with Gasteiger partial charge in [-0.3, -0.25) is 14.0 Å². The van der Waals surface area contributed by atoms with Crippen LogP contribution in [0.3, 0.4) is 0 Å². The number of amides is 1.